The first-order valence-corrected chi connectivity index (χ1v) is 6.20. The summed E-state index contributed by atoms with van der Waals surface area (Å²) < 4.78 is 0. The van der Waals surface area contributed by atoms with E-state index in [2.05, 4.69) is 35.1 Å². The van der Waals surface area contributed by atoms with Gasteiger partial charge >= 0.3 is 0 Å². The highest BCUT2D eigenvalue weighted by Crippen LogP contribution is 2.18. The van der Waals surface area contributed by atoms with Crippen LogP contribution in [0.15, 0.2) is 48.7 Å². The van der Waals surface area contributed by atoms with Gasteiger partial charge in [0.2, 0.25) is 0 Å². The second-order valence-corrected chi connectivity index (χ2v) is 4.33. The lowest BCUT2D eigenvalue weighted by Gasteiger charge is -2.21. The maximum Gasteiger partial charge on any atom is 0.0421 e. The molecule has 0 spiro atoms. The Morgan fingerprint density at radius 3 is 2.61 bits per heavy atom. The summed E-state index contributed by atoms with van der Waals surface area (Å²) in [4.78, 5) is 6.57. The summed E-state index contributed by atoms with van der Waals surface area (Å²) in [5.41, 5.74) is 9.26. The van der Waals surface area contributed by atoms with Crippen molar-refractivity contribution in [3.8, 4) is 0 Å². The number of rotatable bonds is 5. The first kappa shape index (κ1) is 12.6. The first-order chi connectivity index (χ1) is 8.81. The van der Waals surface area contributed by atoms with Crippen LogP contribution in [0.2, 0.25) is 0 Å². The summed E-state index contributed by atoms with van der Waals surface area (Å²) in [6, 6.07) is 14.3. The summed E-state index contributed by atoms with van der Waals surface area (Å²) in [7, 11) is 2.09. The molecule has 0 aliphatic rings. The van der Waals surface area contributed by atoms with E-state index < -0.39 is 0 Å². The van der Waals surface area contributed by atoms with E-state index in [1.165, 1.54) is 11.3 Å². The quantitative estimate of drug-likeness (QED) is 0.872. The predicted molar refractivity (Wildman–Crippen MR) is 75.5 cm³/mol. The fraction of sp³-hybridized carbons (Fsp3) is 0.267. The number of nitrogens with two attached hydrogens (primary N) is 1. The van der Waals surface area contributed by atoms with E-state index in [4.69, 9.17) is 5.73 Å². The molecule has 3 nitrogen and oxygen atoms in total. The number of hydrogen-bond acceptors (Lipinski definition) is 3. The molecule has 1 heterocycles. The van der Waals surface area contributed by atoms with Crippen molar-refractivity contribution in [3.05, 3.63) is 59.9 Å². The average molecular weight is 241 g/mol. The number of likely N-dealkylation sites (N-methyl/N-ethyl adjacent to an activating group) is 1. The molecule has 0 aliphatic heterocycles. The number of hydrogen-bond donors (Lipinski definition) is 1. The van der Waals surface area contributed by atoms with Gasteiger partial charge in [-0.3, -0.25) is 4.98 Å². The van der Waals surface area contributed by atoms with Crippen LogP contribution >= 0.6 is 0 Å². The summed E-state index contributed by atoms with van der Waals surface area (Å²) in [6.07, 6.45) is 2.78. The van der Waals surface area contributed by atoms with Gasteiger partial charge in [0, 0.05) is 44.1 Å². The Bertz CT molecular complexity index is 482. The molecule has 2 aromatic rings. The van der Waals surface area contributed by atoms with Crippen LogP contribution in [-0.2, 0) is 13.0 Å². The molecule has 3 heteroatoms. The molecule has 0 radical (unpaired) electrons. The van der Waals surface area contributed by atoms with E-state index in [0.29, 0.717) is 6.54 Å². The number of para-hydroxylation sites is 1. The summed E-state index contributed by atoms with van der Waals surface area (Å²) >= 11 is 0. The highest BCUT2D eigenvalue weighted by Gasteiger charge is 2.05. The Balaban J connectivity index is 2.01. The van der Waals surface area contributed by atoms with Crippen LogP contribution in [0.4, 0.5) is 5.69 Å². The molecule has 2 N–H and O–H groups in total. The molecule has 18 heavy (non-hydrogen) atoms. The van der Waals surface area contributed by atoms with Crippen molar-refractivity contribution in [2.75, 3.05) is 18.5 Å². The van der Waals surface area contributed by atoms with E-state index in [9.17, 15) is 0 Å². The fourth-order valence-corrected chi connectivity index (χ4v) is 2.00. The number of aromatic nitrogens is 1. The van der Waals surface area contributed by atoms with Crippen molar-refractivity contribution in [1.29, 1.82) is 0 Å². The summed E-state index contributed by atoms with van der Waals surface area (Å²) in [6.45, 7) is 1.51. The SMILES string of the molecule is CN(CCc1ccccn1)c1ccccc1CN. The Kier molecular flexibility index (Phi) is 4.31. The van der Waals surface area contributed by atoms with Gasteiger partial charge in [-0.15, -0.1) is 0 Å². The van der Waals surface area contributed by atoms with E-state index in [1.54, 1.807) is 0 Å². The number of benzene rings is 1. The van der Waals surface area contributed by atoms with Crippen LogP contribution in [0.3, 0.4) is 0 Å². The Morgan fingerprint density at radius 2 is 1.89 bits per heavy atom. The van der Waals surface area contributed by atoms with Crippen LogP contribution in [0.5, 0.6) is 0 Å². The molecule has 0 unspecified atom stereocenters. The van der Waals surface area contributed by atoms with E-state index in [1.807, 2.05) is 30.5 Å². The highest BCUT2D eigenvalue weighted by molar-refractivity contribution is 5.53. The maximum absolute atomic E-state index is 5.76. The summed E-state index contributed by atoms with van der Waals surface area (Å²) in [5, 5.41) is 0. The second kappa shape index (κ2) is 6.17. The topological polar surface area (TPSA) is 42.2 Å². The molecule has 2 rings (SSSR count). The fourth-order valence-electron chi connectivity index (χ4n) is 2.00. The van der Waals surface area contributed by atoms with Gasteiger partial charge in [0.15, 0.2) is 0 Å². The molecule has 0 atom stereocenters. The normalized spacial score (nSPS) is 10.3. The third-order valence-electron chi connectivity index (χ3n) is 3.05. The molecule has 0 bridgehead atoms. The van der Waals surface area contributed by atoms with Crippen molar-refractivity contribution in [1.82, 2.24) is 4.98 Å². The lowest BCUT2D eigenvalue weighted by molar-refractivity contribution is 0.844. The van der Waals surface area contributed by atoms with E-state index in [-0.39, 0.29) is 0 Å². The first-order valence-electron chi connectivity index (χ1n) is 6.20. The third-order valence-corrected chi connectivity index (χ3v) is 3.05. The Labute approximate surface area is 108 Å². The van der Waals surface area contributed by atoms with Gasteiger partial charge in [0.05, 0.1) is 0 Å². The smallest absolute Gasteiger partial charge is 0.0421 e. The average Bonchev–Trinajstić information content (AvgIpc) is 2.45. The van der Waals surface area contributed by atoms with Crippen molar-refractivity contribution in [2.24, 2.45) is 5.73 Å². The molecular formula is C15H19N3. The van der Waals surface area contributed by atoms with Gasteiger partial charge < -0.3 is 10.6 Å². The van der Waals surface area contributed by atoms with E-state index in [0.717, 1.165) is 18.7 Å². The molecule has 0 amide bonds. The molecule has 1 aromatic carbocycles. The van der Waals surface area contributed by atoms with Gasteiger partial charge in [-0.1, -0.05) is 24.3 Å². The lowest BCUT2D eigenvalue weighted by Crippen LogP contribution is -2.22. The van der Waals surface area contributed by atoms with Gasteiger partial charge in [-0.05, 0) is 23.8 Å². The van der Waals surface area contributed by atoms with Crippen molar-refractivity contribution in [2.45, 2.75) is 13.0 Å². The molecule has 0 saturated heterocycles. The third kappa shape index (κ3) is 3.08. The predicted octanol–water partition coefficient (Wildman–Crippen LogP) is 2.22. The number of pyridine rings is 1. The summed E-state index contributed by atoms with van der Waals surface area (Å²) in [5.74, 6) is 0. The van der Waals surface area contributed by atoms with Crippen LogP contribution in [0, 0.1) is 0 Å². The highest BCUT2D eigenvalue weighted by atomic mass is 15.1. The van der Waals surface area contributed by atoms with Crippen molar-refractivity contribution >= 4 is 5.69 Å². The maximum atomic E-state index is 5.76. The van der Waals surface area contributed by atoms with Crippen LogP contribution in [0.1, 0.15) is 11.3 Å². The Hall–Kier alpha value is -1.87. The molecule has 0 saturated carbocycles. The molecular weight excluding hydrogens is 222 g/mol. The van der Waals surface area contributed by atoms with Gasteiger partial charge in [0.1, 0.15) is 0 Å². The monoisotopic (exact) mass is 241 g/mol. The van der Waals surface area contributed by atoms with Gasteiger partial charge in [-0.25, -0.2) is 0 Å². The number of anilines is 1. The molecule has 94 valence electrons. The number of nitrogens with zero attached hydrogens (tertiary/aromatic N) is 2. The standard InChI is InChI=1S/C15H19N3/c1-18(11-9-14-7-4-5-10-17-14)15-8-3-2-6-13(15)12-16/h2-8,10H,9,11-12,16H2,1H3. The minimum atomic E-state index is 0.574. The minimum absolute atomic E-state index is 0.574. The molecule has 0 aliphatic carbocycles. The van der Waals surface area contributed by atoms with Gasteiger partial charge in [-0.2, -0.15) is 0 Å². The zero-order valence-electron chi connectivity index (χ0n) is 10.7. The molecule has 0 fully saturated rings. The minimum Gasteiger partial charge on any atom is -0.374 e. The van der Waals surface area contributed by atoms with Crippen LogP contribution < -0.4 is 10.6 Å². The molecule has 1 aromatic heterocycles. The Morgan fingerprint density at radius 1 is 1.11 bits per heavy atom. The van der Waals surface area contributed by atoms with Crippen LogP contribution in [0.25, 0.3) is 0 Å². The lowest BCUT2D eigenvalue weighted by atomic mass is 10.1. The van der Waals surface area contributed by atoms with E-state index >= 15 is 0 Å². The zero-order valence-corrected chi connectivity index (χ0v) is 10.7. The zero-order chi connectivity index (χ0) is 12.8. The van der Waals surface area contributed by atoms with Crippen LogP contribution in [-0.4, -0.2) is 18.6 Å². The second-order valence-electron chi connectivity index (χ2n) is 4.33. The van der Waals surface area contributed by atoms with Gasteiger partial charge in [0.25, 0.3) is 0 Å². The largest absolute Gasteiger partial charge is 0.374 e. The van der Waals surface area contributed by atoms with Crippen molar-refractivity contribution < 1.29 is 0 Å². The van der Waals surface area contributed by atoms with Crippen molar-refractivity contribution in [3.63, 3.8) is 0 Å².